The van der Waals surface area contributed by atoms with Crippen molar-refractivity contribution < 1.29 is 14.7 Å². The topological polar surface area (TPSA) is 70.5 Å². The Bertz CT molecular complexity index is 478. The number of carboxylic acids is 1. The first kappa shape index (κ1) is 13.5. The van der Waals surface area contributed by atoms with Gasteiger partial charge in [-0.3, -0.25) is 4.79 Å². The molecule has 0 aromatic carbocycles. The molecule has 0 spiro atoms. The average molecular weight is 262 g/mol. The number of hydrogen-bond acceptors (Lipinski definition) is 3. The maximum atomic E-state index is 12.4. The van der Waals surface area contributed by atoms with E-state index in [1.807, 2.05) is 18.7 Å². The molecule has 1 fully saturated rings. The predicted octanol–water partition coefficient (Wildman–Crippen LogP) is 2.18. The summed E-state index contributed by atoms with van der Waals surface area (Å²) in [5.41, 5.74) is 0.405. The third-order valence-corrected chi connectivity index (χ3v) is 3.49. The van der Waals surface area contributed by atoms with Gasteiger partial charge in [0.25, 0.3) is 5.91 Å². The Morgan fingerprint density at radius 3 is 2.42 bits per heavy atom. The van der Waals surface area contributed by atoms with Gasteiger partial charge in [-0.15, -0.1) is 0 Å². The molecule has 1 aliphatic rings. The van der Waals surface area contributed by atoms with E-state index in [0.29, 0.717) is 11.6 Å². The van der Waals surface area contributed by atoms with Crippen LogP contribution in [0.25, 0.3) is 0 Å². The van der Waals surface area contributed by atoms with Gasteiger partial charge in [-0.05, 0) is 45.2 Å². The summed E-state index contributed by atoms with van der Waals surface area (Å²) in [6.07, 6.45) is 4.60. The number of carboxylic acid groups (broad SMARTS) is 1. The number of pyridine rings is 1. The Hall–Kier alpha value is -1.91. The summed E-state index contributed by atoms with van der Waals surface area (Å²) < 4.78 is 0. The zero-order valence-electron chi connectivity index (χ0n) is 11.2. The number of aromatic nitrogens is 1. The van der Waals surface area contributed by atoms with Crippen LogP contribution in [0.15, 0.2) is 18.3 Å². The van der Waals surface area contributed by atoms with Crippen LogP contribution in [0.2, 0.25) is 0 Å². The molecule has 5 heteroatoms. The molecule has 0 atom stereocenters. The molecule has 0 bridgehead atoms. The van der Waals surface area contributed by atoms with E-state index in [1.54, 1.807) is 0 Å². The van der Waals surface area contributed by atoms with E-state index in [2.05, 4.69) is 4.98 Å². The molecule has 1 aromatic rings. The van der Waals surface area contributed by atoms with Crippen LogP contribution < -0.4 is 0 Å². The van der Waals surface area contributed by atoms with Crippen LogP contribution in [0.4, 0.5) is 0 Å². The molecular weight excluding hydrogens is 244 g/mol. The summed E-state index contributed by atoms with van der Waals surface area (Å²) in [6.45, 7) is 3.99. The number of rotatable bonds is 4. The van der Waals surface area contributed by atoms with Gasteiger partial charge in [0, 0.05) is 18.3 Å². The summed E-state index contributed by atoms with van der Waals surface area (Å²) in [5.74, 6) is -1.15. The fourth-order valence-electron chi connectivity index (χ4n) is 2.28. The molecule has 1 amide bonds. The molecule has 1 N–H and O–H groups in total. The van der Waals surface area contributed by atoms with E-state index in [1.165, 1.54) is 18.3 Å². The second-order valence-corrected chi connectivity index (χ2v) is 5.13. The molecule has 102 valence electrons. The monoisotopic (exact) mass is 262 g/mol. The number of aromatic carboxylic acids is 1. The van der Waals surface area contributed by atoms with Gasteiger partial charge >= 0.3 is 5.97 Å². The largest absolute Gasteiger partial charge is 0.477 e. The van der Waals surface area contributed by atoms with E-state index >= 15 is 0 Å². The minimum absolute atomic E-state index is 0.0451. The van der Waals surface area contributed by atoms with Crippen LogP contribution in [0, 0.1) is 0 Å². The lowest BCUT2D eigenvalue weighted by Gasteiger charge is -2.40. The molecule has 19 heavy (non-hydrogen) atoms. The third kappa shape index (κ3) is 2.75. The number of hydrogen-bond donors (Lipinski definition) is 1. The van der Waals surface area contributed by atoms with E-state index in [9.17, 15) is 9.59 Å². The lowest BCUT2D eigenvalue weighted by Crippen LogP contribution is -2.48. The minimum Gasteiger partial charge on any atom is -0.477 e. The Labute approximate surface area is 112 Å². The van der Waals surface area contributed by atoms with Gasteiger partial charge in [0.1, 0.15) is 5.69 Å². The fourth-order valence-corrected chi connectivity index (χ4v) is 2.28. The molecule has 0 radical (unpaired) electrons. The molecule has 0 aliphatic heterocycles. The molecule has 5 nitrogen and oxygen atoms in total. The van der Waals surface area contributed by atoms with Crippen molar-refractivity contribution in [3.05, 3.63) is 29.6 Å². The molecule has 1 aliphatic carbocycles. The van der Waals surface area contributed by atoms with Gasteiger partial charge in [-0.2, -0.15) is 0 Å². The minimum atomic E-state index is -1.08. The Morgan fingerprint density at radius 2 is 2.05 bits per heavy atom. The third-order valence-electron chi connectivity index (χ3n) is 3.49. The maximum absolute atomic E-state index is 12.4. The summed E-state index contributed by atoms with van der Waals surface area (Å²) in [4.78, 5) is 28.8. The van der Waals surface area contributed by atoms with Gasteiger partial charge in [0.05, 0.1) is 5.56 Å². The van der Waals surface area contributed by atoms with Crippen LogP contribution in [-0.4, -0.2) is 39.0 Å². The normalized spacial score (nSPS) is 15.1. The van der Waals surface area contributed by atoms with E-state index in [4.69, 9.17) is 5.11 Å². The Kier molecular flexibility index (Phi) is 3.83. The number of carbonyl (C=O) groups excluding carboxylic acids is 1. The highest BCUT2D eigenvalue weighted by molar-refractivity contribution is 5.95. The summed E-state index contributed by atoms with van der Waals surface area (Å²) in [5, 5.41) is 8.79. The van der Waals surface area contributed by atoms with Crippen LogP contribution >= 0.6 is 0 Å². The van der Waals surface area contributed by atoms with Crippen LogP contribution in [0.3, 0.4) is 0 Å². The van der Waals surface area contributed by atoms with Crippen molar-refractivity contribution in [1.82, 2.24) is 9.88 Å². The van der Waals surface area contributed by atoms with Gasteiger partial charge in [0.2, 0.25) is 0 Å². The highest BCUT2D eigenvalue weighted by Crippen LogP contribution is 2.27. The van der Waals surface area contributed by atoms with E-state index in [0.717, 1.165) is 19.3 Å². The lowest BCUT2D eigenvalue weighted by atomic mass is 9.90. The van der Waals surface area contributed by atoms with Gasteiger partial charge in [0.15, 0.2) is 0 Å². The van der Waals surface area contributed by atoms with Crippen molar-refractivity contribution in [2.75, 3.05) is 0 Å². The quantitative estimate of drug-likeness (QED) is 0.902. The van der Waals surface area contributed by atoms with Crippen LogP contribution in [0.1, 0.15) is 54.0 Å². The predicted molar refractivity (Wildman–Crippen MR) is 70.1 cm³/mol. The first-order valence-corrected chi connectivity index (χ1v) is 6.52. The lowest BCUT2D eigenvalue weighted by molar-refractivity contribution is 0.0487. The molecular formula is C14H18N2O3. The molecule has 2 rings (SSSR count). The second kappa shape index (κ2) is 5.38. The average Bonchev–Trinajstić information content (AvgIpc) is 2.32. The smallest absolute Gasteiger partial charge is 0.354 e. The first-order chi connectivity index (χ1) is 9.00. The second-order valence-electron chi connectivity index (χ2n) is 5.13. The fraction of sp³-hybridized carbons (Fsp3) is 0.500. The van der Waals surface area contributed by atoms with Crippen molar-refractivity contribution in [3.63, 3.8) is 0 Å². The highest BCUT2D eigenvalue weighted by Gasteiger charge is 2.31. The first-order valence-electron chi connectivity index (χ1n) is 6.52. The van der Waals surface area contributed by atoms with Crippen molar-refractivity contribution in [2.45, 2.75) is 45.2 Å². The molecule has 0 unspecified atom stereocenters. The van der Waals surface area contributed by atoms with E-state index in [-0.39, 0.29) is 17.6 Å². The van der Waals surface area contributed by atoms with Gasteiger partial charge in [-0.25, -0.2) is 9.78 Å². The maximum Gasteiger partial charge on any atom is 0.354 e. The number of carbonyl (C=O) groups is 2. The van der Waals surface area contributed by atoms with Gasteiger partial charge in [-0.1, -0.05) is 0 Å². The SMILES string of the molecule is CC(C)N(C(=O)c1ccc(C(=O)O)nc1)C1CCC1. The summed E-state index contributed by atoms with van der Waals surface area (Å²) in [7, 11) is 0. The van der Waals surface area contributed by atoms with E-state index < -0.39 is 5.97 Å². The molecule has 1 heterocycles. The standard InChI is InChI=1S/C14H18N2O3/c1-9(2)16(11-4-3-5-11)13(17)10-6-7-12(14(18)19)15-8-10/h6-9,11H,3-5H2,1-2H3,(H,18,19). The highest BCUT2D eigenvalue weighted by atomic mass is 16.4. The number of amides is 1. The zero-order valence-corrected chi connectivity index (χ0v) is 11.2. The number of nitrogens with zero attached hydrogens (tertiary/aromatic N) is 2. The van der Waals surface area contributed by atoms with Crippen molar-refractivity contribution in [2.24, 2.45) is 0 Å². The van der Waals surface area contributed by atoms with Crippen LogP contribution in [0.5, 0.6) is 0 Å². The van der Waals surface area contributed by atoms with Gasteiger partial charge < -0.3 is 10.0 Å². The summed E-state index contributed by atoms with van der Waals surface area (Å²) >= 11 is 0. The summed E-state index contributed by atoms with van der Waals surface area (Å²) in [6, 6.07) is 3.35. The van der Waals surface area contributed by atoms with Crippen LogP contribution in [-0.2, 0) is 0 Å². The Morgan fingerprint density at radius 1 is 1.37 bits per heavy atom. The zero-order chi connectivity index (χ0) is 14.0. The Balaban J connectivity index is 2.19. The molecule has 1 saturated carbocycles. The van der Waals surface area contributed by atoms with Crippen molar-refractivity contribution in [1.29, 1.82) is 0 Å². The van der Waals surface area contributed by atoms with Crippen molar-refractivity contribution >= 4 is 11.9 Å². The molecule has 1 aromatic heterocycles. The molecule has 0 saturated heterocycles. The van der Waals surface area contributed by atoms with Crippen molar-refractivity contribution in [3.8, 4) is 0 Å².